The molecule has 2 aliphatic rings. The maximum Gasteiger partial charge on any atom is 0.199 e. The summed E-state index contributed by atoms with van der Waals surface area (Å²) in [7, 11) is 0. The molecule has 1 aliphatic carbocycles. The van der Waals surface area contributed by atoms with E-state index in [-0.39, 0.29) is 0 Å². The molecule has 3 heterocycles. The van der Waals surface area contributed by atoms with Gasteiger partial charge in [0.25, 0.3) is 0 Å². The predicted molar refractivity (Wildman–Crippen MR) is 102 cm³/mol. The van der Waals surface area contributed by atoms with Gasteiger partial charge in [0, 0.05) is 19.1 Å². The normalized spacial score (nSPS) is 24.9. The van der Waals surface area contributed by atoms with Crippen molar-refractivity contribution in [1.29, 1.82) is 0 Å². The molecule has 0 unspecified atom stereocenters. The maximum absolute atomic E-state index is 5.74. The van der Waals surface area contributed by atoms with Crippen molar-refractivity contribution in [3.63, 3.8) is 0 Å². The molecule has 0 amide bonds. The SMILES string of the molecule is CCn1c(-c2cccs2)nn(CN2CCC[C@H]3CCCC[C@@H]32)c1=S. The van der Waals surface area contributed by atoms with Crippen molar-refractivity contribution in [1.82, 2.24) is 19.2 Å². The molecule has 0 aromatic carbocycles. The highest BCUT2D eigenvalue weighted by atomic mass is 32.1. The first-order chi connectivity index (χ1) is 11.8. The molecule has 4 rings (SSSR count). The zero-order valence-corrected chi connectivity index (χ0v) is 16.0. The van der Waals surface area contributed by atoms with Crippen molar-refractivity contribution in [2.75, 3.05) is 6.54 Å². The molecular weight excluding hydrogens is 336 g/mol. The van der Waals surface area contributed by atoms with Gasteiger partial charge in [-0.05, 0) is 62.2 Å². The third-order valence-corrected chi connectivity index (χ3v) is 6.95. The Morgan fingerprint density at radius 2 is 2.08 bits per heavy atom. The van der Waals surface area contributed by atoms with Crippen LogP contribution in [0.3, 0.4) is 0 Å². The molecule has 1 saturated heterocycles. The van der Waals surface area contributed by atoms with Crippen LogP contribution < -0.4 is 0 Å². The van der Waals surface area contributed by atoms with Crippen LogP contribution in [0.4, 0.5) is 0 Å². The van der Waals surface area contributed by atoms with Crippen LogP contribution in [0, 0.1) is 10.7 Å². The van der Waals surface area contributed by atoms with Crippen LogP contribution >= 0.6 is 23.6 Å². The van der Waals surface area contributed by atoms with Gasteiger partial charge in [-0.15, -0.1) is 16.4 Å². The molecular formula is C18H26N4S2. The zero-order valence-electron chi connectivity index (χ0n) is 14.4. The highest BCUT2D eigenvalue weighted by Crippen LogP contribution is 2.35. The minimum atomic E-state index is 0.742. The fourth-order valence-electron chi connectivity index (χ4n) is 4.48. The molecule has 2 aromatic rings. The van der Waals surface area contributed by atoms with Crippen LogP contribution in [0.1, 0.15) is 45.4 Å². The van der Waals surface area contributed by atoms with Crippen molar-refractivity contribution in [3.8, 4) is 10.7 Å². The van der Waals surface area contributed by atoms with Crippen molar-refractivity contribution in [2.45, 2.75) is 64.7 Å². The van der Waals surface area contributed by atoms with E-state index in [0.717, 1.165) is 35.8 Å². The Morgan fingerprint density at radius 3 is 2.88 bits per heavy atom. The lowest BCUT2D eigenvalue weighted by Gasteiger charge is -2.43. The van der Waals surface area contributed by atoms with E-state index in [1.807, 2.05) is 0 Å². The van der Waals surface area contributed by atoms with Crippen LogP contribution in [0.15, 0.2) is 17.5 Å². The summed E-state index contributed by atoms with van der Waals surface area (Å²) in [5.74, 6) is 1.92. The molecule has 130 valence electrons. The number of thiophene rings is 1. The molecule has 24 heavy (non-hydrogen) atoms. The third-order valence-electron chi connectivity index (χ3n) is 5.65. The number of hydrogen-bond acceptors (Lipinski definition) is 4. The second kappa shape index (κ2) is 7.10. The first-order valence-electron chi connectivity index (χ1n) is 9.23. The van der Waals surface area contributed by atoms with E-state index in [9.17, 15) is 0 Å². The minimum absolute atomic E-state index is 0.742. The van der Waals surface area contributed by atoms with Gasteiger partial charge in [-0.1, -0.05) is 18.9 Å². The molecule has 2 fully saturated rings. The topological polar surface area (TPSA) is 26.0 Å². The fraction of sp³-hybridized carbons (Fsp3) is 0.667. The smallest absolute Gasteiger partial charge is 0.199 e. The summed E-state index contributed by atoms with van der Waals surface area (Å²) in [5, 5.41) is 7.00. The van der Waals surface area contributed by atoms with Gasteiger partial charge in [0.2, 0.25) is 0 Å². The van der Waals surface area contributed by atoms with Crippen LogP contribution in [-0.2, 0) is 13.2 Å². The molecule has 6 heteroatoms. The Morgan fingerprint density at radius 1 is 1.25 bits per heavy atom. The average Bonchev–Trinajstić information content (AvgIpc) is 3.24. The second-order valence-electron chi connectivity index (χ2n) is 7.04. The van der Waals surface area contributed by atoms with Gasteiger partial charge in [0.15, 0.2) is 10.6 Å². The number of rotatable bonds is 4. The second-order valence-corrected chi connectivity index (χ2v) is 8.35. The summed E-state index contributed by atoms with van der Waals surface area (Å²) >= 11 is 7.48. The van der Waals surface area contributed by atoms with Crippen LogP contribution in [-0.4, -0.2) is 31.8 Å². The van der Waals surface area contributed by atoms with Crippen molar-refractivity contribution in [3.05, 3.63) is 22.3 Å². The highest BCUT2D eigenvalue weighted by molar-refractivity contribution is 7.71. The monoisotopic (exact) mass is 362 g/mol. The van der Waals surface area contributed by atoms with Crippen molar-refractivity contribution in [2.24, 2.45) is 5.92 Å². The van der Waals surface area contributed by atoms with E-state index in [1.54, 1.807) is 11.3 Å². The Balaban J connectivity index is 1.61. The van der Waals surface area contributed by atoms with E-state index < -0.39 is 0 Å². The van der Waals surface area contributed by atoms with E-state index >= 15 is 0 Å². The van der Waals surface area contributed by atoms with E-state index in [2.05, 4.69) is 38.6 Å². The number of fused-ring (bicyclic) bond motifs is 1. The molecule has 0 radical (unpaired) electrons. The fourth-order valence-corrected chi connectivity index (χ4v) is 5.51. The molecule has 2 aromatic heterocycles. The minimum Gasteiger partial charge on any atom is -0.300 e. The predicted octanol–water partition coefficient (Wildman–Crippen LogP) is 4.77. The Kier molecular flexibility index (Phi) is 4.88. The lowest BCUT2D eigenvalue weighted by atomic mass is 9.78. The van der Waals surface area contributed by atoms with E-state index in [4.69, 9.17) is 17.3 Å². The summed E-state index contributed by atoms with van der Waals surface area (Å²) in [6, 6.07) is 4.96. The lowest BCUT2D eigenvalue weighted by Crippen LogP contribution is -2.47. The van der Waals surface area contributed by atoms with Gasteiger partial charge in [0.05, 0.1) is 11.5 Å². The summed E-state index contributed by atoms with van der Waals surface area (Å²) in [4.78, 5) is 3.85. The summed E-state index contributed by atoms with van der Waals surface area (Å²) in [6.07, 6.45) is 8.30. The molecule has 1 saturated carbocycles. The zero-order chi connectivity index (χ0) is 16.5. The van der Waals surface area contributed by atoms with Gasteiger partial charge in [-0.3, -0.25) is 9.47 Å². The first-order valence-corrected chi connectivity index (χ1v) is 10.5. The molecule has 4 nitrogen and oxygen atoms in total. The van der Waals surface area contributed by atoms with Gasteiger partial charge < -0.3 is 0 Å². The van der Waals surface area contributed by atoms with Crippen LogP contribution in [0.25, 0.3) is 10.7 Å². The lowest BCUT2D eigenvalue weighted by molar-refractivity contribution is 0.0323. The third kappa shape index (κ3) is 3.00. The molecule has 2 atom stereocenters. The number of hydrogen-bond donors (Lipinski definition) is 0. The van der Waals surface area contributed by atoms with Crippen LogP contribution in [0.5, 0.6) is 0 Å². The standard InChI is InChI=1S/C18H26N4S2/c1-2-21-17(16-10-6-12-24-16)19-22(18(21)23)13-20-11-5-8-14-7-3-4-9-15(14)20/h6,10,12,14-15H,2-5,7-9,11,13H2,1H3/t14-,15+/m1/s1. The maximum atomic E-state index is 5.74. The molecule has 0 N–H and O–H groups in total. The van der Waals surface area contributed by atoms with Gasteiger partial charge in [-0.2, -0.15) is 0 Å². The van der Waals surface area contributed by atoms with Crippen LogP contribution in [0.2, 0.25) is 0 Å². The molecule has 0 spiro atoms. The summed E-state index contributed by atoms with van der Waals surface area (Å²) < 4.78 is 5.09. The number of likely N-dealkylation sites (tertiary alicyclic amines) is 1. The molecule has 1 aliphatic heterocycles. The van der Waals surface area contributed by atoms with Crippen molar-refractivity contribution >= 4 is 23.6 Å². The Labute approximate surface area is 153 Å². The van der Waals surface area contributed by atoms with Crippen molar-refractivity contribution < 1.29 is 0 Å². The average molecular weight is 363 g/mol. The van der Waals surface area contributed by atoms with Gasteiger partial charge >= 0.3 is 0 Å². The summed E-state index contributed by atoms with van der Waals surface area (Å²) in [5.41, 5.74) is 0. The largest absolute Gasteiger partial charge is 0.300 e. The number of piperidine rings is 1. The number of aromatic nitrogens is 3. The highest BCUT2D eigenvalue weighted by Gasteiger charge is 2.33. The Bertz CT molecular complexity index is 729. The van der Waals surface area contributed by atoms with E-state index in [0.29, 0.717) is 0 Å². The first kappa shape index (κ1) is 16.5. The quantitative estimate of drug-likeness (QED) is 0.733. The summed E-state index contributed by atoms with van der Waals surface area (Å²) in [6.45, 7) is 5.07. The van der Waals surface area contributed by atoms with Gasteiger partial charge in [-0.25, -0.2) is 4.68 Å². The number of nitrogens with zero attached hydrogens (tertiary/aromatic N) is 4. The Hall–Kier alpha value is -0.980. The molecule has 0 bridgehead atoms. The van der Waals surface area contributed by atoms with E-state index in [1.165, 1.54) is 49.9 Å². The van der Waals surface area contributed by atoms with Gasteiger partial charge in [0.1, 0.15) is 0 Å².